The predicted octanol–water partition coefficient (Wildman–Crippen LogP) is 3.21. The van der Waals surface area contributed by atoms with Crippen LogP contribution >= 0.6 is 0 Å². The smallest absolute Gasteiger partial charge is 0.218 e. The molecule has 0 amide bonds. The molecular formula is C15H25N3O. The number of hydrogen-bond donors (Lipinski definition) is 1. The third-order valence-corrected chi connectivity index (χ3v) is 4.08. The molecule has 1 saturated carbocycles. The van der Waals surface area contributed by atoms with Crippen molar-refractivity contribution in [2.75, 3.05) is 5.73 Å². The van der Waals surface area contributed by atoms with E-state index in [-0.39, 0.29) is 6.10 Å². The van der Waals surface area contributed by atoms with Gasteiger partial charge in [-0.25, -0.2) is 4.98 Å². The zero-order chi connectivity index (χ0) is 13.8. The van der Waals surface area contributed by atoms with Crippen molar-refractivity contribution in [1.82, 2.24) is 9.97 Å². The maximum Gasteiger partial charge on any atom is 0.218 e. The van der Waals surface area contributed by atoms with Crippen LogP contribution in [-0.2, 0) is 6.42 Å². The van der Waals surface area contributed by atoms with E-state index in [1.807, 2.05) is 0 Å². The molecule has 1 aliphatic rings. The fourth-order valence-electron chi connectivity index (χ4n) is 2.66. The van der Waals surface area contributed by atoms with Crippen LogP contribution in [0.5, 0.6) is 5.88 Å². The molecule has 4 nitrogen and oxygen atoms in total. The van der Waals surface area contributed by atoms with Gasteiger partial charge in [0.15, 0.2) is 0 Å². The van der Waals surface area contributed by atoms with Gasteiger partial charge in [-0.1, -0.05) is 20.8 Å². The third kappa shape index (κ3) is 3.82. The Morgan fingerprint density at radius 2 is 2.05 bits per heavy atom. The van der Waals surface area contributed by atoms with Crippen molar-refractivity contribution in [2.45, 2.75) is 59.0 Å². The lowest BCUT2D eigenvalue weighted by Gasteiger charge is -2.31. The molecule has 3 atom stereocenters. The van der Waals surface area contributed by atoms with E-state index >= 15 is 0 Å². The molecule has 1 aliphatic carbocycles. The van der Waals surface area contributed by atoms with Crippen molar-refractivity contribution >= 4 is 5.82 Å². The Hall–Kier alpha value is -1.32. The van der Waals surface area contributed by atoms with E-state index in [1.165, 1.54) is 6.42 Å². The van der Waals surface area contributed by atoms with Gasteiger partial charge in [0.2, 0.25) is 5.88 Å². The van der Waals surface area contributed by atoms with Crippen LogP contribution in [0, 0.1) is 11.8 Å². The summed E-state index contributed by atoms with van der Waals surface area (Å²) in [6.45, 7) is 6.73. The number of rotatable bonds is 4. The van der Waals surface area contributed by atoms with Gasteiger partial charge in [0.05, 0.1) is 0 Å². The van der Waals surface area contributed by atoms with Crippen LogP contribution in [0.2, 0.25) is 0 Å². The van der Waals surface area contributed by atoms with E-state index in [0.717, 1.165) is 37.4 Å². The summed E-state index contributed by atoms with van der Waals surface area (Å²) in [5.74, 6) is 3.45. The monoisotopic (exact) mass is 263 g/mol. The van der Waals surface area contributed by atoms with Crippen molar-refractivity contribution in [2.24, 2.45) is 11.8 Å². The van der Waals surface area contributed by atoms with Crippen molar-refractivity contribution in [3.63, 3.8) is 0 Å². The highest BCUT2D eigenvalue weighted by atomic mass is 16.5. The lowest BCUT2D eigenvalue weighted by molar-refractivity contribution is 0.0962. The summed E-state index contributed by atoms with van der Waals surface area (Å²) in [5.41, 5.74) is 5.81. The first-order valence-corrected chi connectivity index (χ1v) is 7.38. The number of aryl methyl sites for hydroxylation is 1. The lowest BCUT2D eigenvalue weighted by Crippen LogP contribution is -2.29. The van der Waals surface area contributed by atoms with Crippen LogP contribution in [0.1, 0.15) is 52.3 Å². The Kier molecular flexibility index (Phi) is 4.61. The van der Waals surface area contributed by atoms with Crippen LogP contribution < -0.4 is 10.5 Å². The second-order valence-corrected chi connectivity index (χ2v) is 5.80. The standard InChI is InChI=1S/C15H25N3O/c1-4-5-14-17-13(16)9-15(18-14)19-12-7-6-10(2)11(3)8-12/h9-12H,4-8H2,1-3H3,(H2,16,17,18). The van der Waals surface area contributed by atoms with E-state index in [4.69, 9.17) is 10.5 Å². The van der Waals surface area contributed by atoms with E-state index in [9.17, 15) is 0 Å². The molecule has 2 rings (SSSR count). The molecule has 1 aromatic heterocycles. The molecule has 106 valence electrons. The highest BCUT2D eigenvalue weighted by molar-refractivity contribution is 5.33. The van der Waals surface area contributed by atoms with Gasteiger partial charge in [-0.05, 0) is 37.5 Å². The maximum atomic E-state index is 6.01. The van der Waals surface area contributed by atoms with Gasteiger partial charge < -0.3 is 10.5 Å². The predicted molar refractivity (Wildman–Crippen MR) is 77.0 cm³/mol. The maximum absolute atomic E-state index is 6.01. The summed E-state index contributed by atoms with van der Waals surface area (Å²) in [5, 5.41) is 0. The normalized spacial score (nSPS) is 27.2. The number of anilines is 1. The molecule has 19 heavy (non-hydrogen) atoms. The average Bonchev–Trinajstić information content (AvgIpc) is 2.33. The topological polar surface area (TPSA) is 61.0 Å². The highest BCUT2D eigenvalue weighted by Gasteiger charge is 2.26. The van der Waals surface area contributed by atoms with Gasteiger partial charge in [0, 0.05) is 12.5 Å². The largest absolute Gasteiger partial charge is 0.474 e. The summed E-state index contributed by atoms with van der Waals surface area (Å²) in [6, 6.07) is 1.74. The van der Waals surface area contributed by atoms with Crippen LogP contribution in [0.15, 0.2) is 6.07 Å². The van der Waals surface area contributed by atoms with E-state index < -0.39 is 0 Å². The summed E-state index contributed by atoms with van der Waals surface area (Å²) in [7, 11) is 0. The molecule has 0 radical (unpaired) electrons. The quantitative estimate of drug-likeness (QED) is 0.906. The molecule has 1 heterocycles. The van der Waals surface area contributed by atoms with Gasteiger partial charge in [-0.15, -0.1) is 0 Å². The average molecular weight is 263 g/mol. The van der Waals surface area contributed by atoms with E-state index in [1.54, 1.807) is 6.07 Å². The molecule has 3 unspecified atom stereocenters. The first-order chi connectivity index (χ1) is 9.08. The highest BCUT2D eigenvalue weighted by Crippen LogP contribution is 2.31. The first kappa shape index (κ1) is 14.1. The Labute approximate surface area is 115 Å². The molecule has 4 heteroatoms. The lowest BCUT2D eigenvalue weighted by atomic mass is 9.80. The van der Waals surface area contributed by atoms with E-state index in [2.05, 4.69) is 30.7 Å². The van der Waals surface area contributed by atoms with Crippen molar-refractivity contribution in [1.29, 1.82) is 0 Å². The minimum atomic E-state index is 0.273. The van der Waals surface area contributed by atoms with Gasteiger partial charge in [0.1, 0.15) is 17.7 Å². The Balaban J connectivity index is 2.02. The van der Waals surface area contributed by atoms with E-state index in [0.29, 0.717) is 17.6 Å². The number of hydrogen-bond acceptors (Lipinski definition) is 4. The number of nitrogens with two attached hydrogens (primary N) is 1. The second kappa shape index (κ2) is 6.22. The molecule has 0 aliphatic heterocycles. The Morgan fingerprint density at radius 3 is 2.74 bits per heavy atom. The number of aromatic nitrogens is 2. The fourth-order valence-corrected chi connectivity index (χ4v) is 2.66. The molecule has 0 saturated heterocycles. The van der Waals surface area contributed by atoms with Gasteiger partial charge in [-0.3, -0.25) is 0 Å². The SMILES string of the molecule is CCCc1nc(N)cc(OC2CCC(C)C(C)C2)n1. The molecule has 2 N–H and O–H groups in total. The molecule has 0 spiro atoms. The summed E-state index contributed by atoms with van der Waals surface area (Å²) < 4.78 is 6.01. The minimum absolute atomic E-state index is 0.273. The third-order valence-electron chi connectivity index (χ3n) is 4.08. The van der Waals surface area contributed by atoms with Crippen LogP contribution in [0.3, 0.4) is 0 Å². The van der Waals surface area contributed by atoms with Crippen LogP contribution in [0.25, 0.3) is 0 Å². The van der Waals surface area contributed by atoms with Crippen molar-refractivity contribution in [3.8, 4) is 5.88 Å². The zero-order valence-electron chi connectivity index (χ0n) is 12.2. The molecular weight excluding hydrogens is 238 g/mol. The molecule has 1 aromatic rings. The van der Waals surface area contributed by atoms with Gasteiger partial charge in [-0.2, -0.15) is 4.98 Å². The summed E-state index contributed by atoms with van der Waals surface area (Å²) >= 11 is 0. The van der Waals surface area contributed by atoms with Gasteiger partial charge >= 0.3 is 0 Å². The number of nitrogens with zero attached hydrogens (tertiary/aromatic N) is 2. The van der Waals surface area contributed by atoms with Crippen molar-refractivity contribution < 1.29 is 4.74 Å². The molecule has 0 aromatic carbocycles. The molecule has 0 bridgehead atoms. The summed E-state index contributed by atoms with van der Waals surface area (Å²) in [6.07, 6.45) is 5.58. The summed E-state index contributed by atoms with van der Waals surface area (Å²) in [4.78, 5) is 8.68. The molecule has 1 fully saturated rings. The van der Waals surface area contributed by atoms with Gasteiger partial charge in [0.25, 0.3) is 0 Å². The Morgan fingerprint density at radius 1 is 1.26 bits per heavy atom. The van der Waals surface area contributed by atoms with Crippen LogP contribution in [-0.4, -0.2) is 16.1 Å². The van der Waals surface area contributed by atoms with Crippen molar-refractivity contribution in [3.05, 3.63) is 11.9 Å². The fraction of sp³-hybridized carbons (Fsp3) is 0.733. The van der Waals surface area contributed by atoms with Crippen LogP contribution in [0.4, 0.5) is 5.82 Å². The Bertz CT molecular complexity index is 422. The first-order valence-electron chi connectivity index (χ1n) is 7.38. The second-order valence-electron chi connectivity index (χ2n) is 5.80. The number of nitrogen functional groups attached to an aromatic ring is 1. The number of ether oxygens (including phenoxy) is 1. The minimum Gasteiger partial charge on any atom is -0.474 e. The zero-order valence-corrected chi connectivity index (χ0v) is 12.2.